The van der Waals surface area contributed by atoms with E-state index in [1.165, 1.54) is 0 Å². The van der Waals surface area contributed by atoms with Gasteiger partial charge in [0, 0.05) is 18.9 Å². The number of fused-ring (bicyclic) bond motifs is 2. The molecule has 0 spiro atoms. The quantitative estimate of drug-likeness (QED) is 0.626. The van der Waals surface area contributed by atoms with Crippen molar-refractivity contribution in [3.05, 3.63) is 66.5 Å². The van der Waals surface area contributed by atoms with E-state index in [1.807, 2.05) is 59.4 Å². The highest BCUT2D eigenvalue weighted by molar-refractivity contribution is 5.40. The lowest BCUT2D eigenvalue weighted by Gasteiger charge is -2.12. The Hall–Kier alpha value is -2.73. The van der Waals surface area contributed by atoms with Gasteiger partial charge < -0.3 is 9.72 Å². The summed E-state index contributed by atoms with van der Waals surface area (Å²) in [7, 11) is 0. The maximum absolute atomic E-state index is 4.40. The number of aromatic nitrogens is 5. The number of imidazole rings is 1. The van der Waals surface area contributed by atoms with E-state index in [0.717, 1.165) is 22.8 Å². The third-order valence-electron chi connectivity index (χ3n) is 3.81. The zero-order valence-corrected chi connectivity index (χ0v) is 12.2. The van der Waals surface area contributed by atoms with Crippen LogP contribution in [0.1, 0.15) is 24.5 Å². The molecule has 0 saturated carbocycles. The van der Waals surface area contributed by atoms with Gasteiger partial charge in [-0.25, -0.2) is 4.98 Å². The lowest BCUT2D eigenvalue weighted by atomic mass is 10.3. The average molecular weight is 292 g/mol. The van der Waals surface area contributed by atoms with Crippen molar-refractivity contribution < 1.29 is 0 Å². The summed E-state index contributed by atoms with van der Waals surface area (Å²) in [6.45, 7) is 2.81. The Morgan fingerprint density at radius 1 is 1.00 bits per heavy atom. The van der Waals surface area contributed by atoms with Gasteiger partial charge in [-0.15, -0.1) is 10.2 Å². The standard InChI is InChI=1S/C16H16N6/c1-12(16-20-19-15-7-3-5-9-22(15)16)17-10-13-11-18-14-6-2-4-8-21(13)14/h2-9,11-12,17H,10H2,1H3. The fourth-order valence-corrected chi connectivity index (χ4v) is 2.62. The lowest BCUT2D eigenvalue weighted by molar-refractivity contribution is 0.535. The second-order valence-corrected chi connectivity index (χ2v) is 5.27. The van der Waals surface area contributed by atoms with Crippen LogP contribution in [0, 0.1) is 0 Å². The van der Waals surface area contributed by atoms with Crippen LogP contribution in [-0.4, -0.2) is 24.0 Å². The fraction of sp³-hybridized carbons (Fsp3) is 0.188. The monoisotopic (exact) mass is 292 g/mol. The molecule has 0 radical (unpaired) electrons. The molecule has 6 nitrogen and oxygen atoms in total. The summed E-state index contributed by atoms with van der Waals surface area (Å²) in [4.78, 5) is 4.40. The van der Waals surface area contributed by atoms with Crippen LogP contribution < -0.4 is 5.32 Å². The van der Waals surface area contributed by atoms with Crippen molar-refractivity contribution in [2.75, 3.05) is 0 Å². The van der Waals surface area contributed by atoms with Gasteiger partial charge in [0.2, 0.25) is 0 Å². The molecule has 0 fully saturated rings. The topological polar surface area (TPSA) is 59.5 Å². The normalized spacial score (nSPS) is 13.0. The number of hydrogen-bond acceptors (Lipinski definition) is 4. The number of pyridine rings is 2. The van der Waals surface area contributed by atoms with Crippen molar-refractivity contribution in [2.45, 2.75) is 19.5 Å². The highest BCUT2D eigenvalue weighted by atomic mass is 15.3. The van der Waals surface area contributed by atoms with E-state index in [2.05, 4.69) is 31.8 Å². The third-order valence-corrected chi connectivity index (χ3v) is 3.81. The van der Waals surface area contributed by atoms with Crippen LogP contribution >= 0.6 is 0 Å². The second-order valence-electron chi connectivity index (χ2n) is 5.27. The summed E-state index contributed by atoms with van der Waals surface area (Å²) in [6.07, 6.45) is 5.91. The Morgan fingerprint density at radius 2 is 1.77 bits per heavy atom. The summed E-state index contributed by atoms with van der Waals surface area (Å²) >= 11 is 0. The van der Waals surface area contributed by atoms with Gasteiger partial charge in [-0.3, -0.25) is 4.40 Å². The minimum Gasteiger partial charge on any atom is -0.303 e. The third kappa shape index (κ3) is 2.14. The minimum atomic E-state index is 0.0895. The minimum absolute atomic E-state index is 0.0895. The van der Waals surface area contributed by atoms with E-state index in [0.29, 0.717) is 6.54 Å². The first-order valence-electron chi connectivity index (χ1n) is 7.27. The molecule has 1 unspecified atom stereocenters. The molecule has 4 aromatic heterocycles. The van der Waals surface area contributed by atoms with Crippen LogP contribution in [0.25, 0.3) is 11.3 Å². The van der Waals surface area contributed by atoms with Gasteiger partial charge in [0.15, 0.2) is 11.5 Å². The van der Waals surface area contributed by atoms with E-state index < -0.39 is 0 Å². The molecule has 0 aliphatic rings. The molecule has 0 bridgehead atoms. The van der Waals surface area contributed by atoms with Gasteiger partial charge in [0.1, 0.15) is 5.65 Å². The molecule has 22 heavy (non-hydrogen) atoms. The smallest absolute Gasteiger partial charge is 0.160 e. The van der Waals surface area contributed by atoms with Gasteiger partial charge >= 0.3 is 0 Å². The zero-order valence-electron chi connectivity index (χ0n) is 12.2. The van der Waals surface area contributed by atoms with Crippen molar-refractivity contribution in [1.29, 1.82) is 0 Å². The number of nitrogens with zero attached hydrogens (tertiary/aromatic N) is 5. The molecule has 4 heterocycles. The fourth-order valence-electron chi connectivity index (χ4n) is 2.62. The first-order valence-corrected chi connectivity index (χ1v) is 7.27. The molecule has 0 saturated heterocycles. The van der Waals surface area contributed by atoms with Crippen molar-refractivity contribution in [1.82, 2.24) is 29.3 Å². The molecule has 1 atom stereocenters. The summed E-state index contributed by atoms with van der Waals surface area (Å²) in [6, 6.07) is 12.0. The van der Waals surface area contributed by atoms with E-state index >= 15 is 0 Å². The Morgan fingerprint density at radius 3 is 2.64 bits per heavy atom. The Balaban J connectivity index is 1.56. The number of nitrogens with one attached hydrogen (secondary N) is 1. The zero-order chi connectivity index (χ0) is 14.9. The molecular formula is C16H16N6. The van der Waals surface area contributed by atoms with Crippen LogP contribution in [-0.2, 0) is 6.54 Å². The van der Waals surface area contributed by atoms with E-state index in [9.17, 15) is 0 Å². The molecule has 4 rings (SSSR count). The SMILES string of the molecule is CC(NCc1cnc2ccccn12)c1nnc2ccccn12. The second kappa shape index (κ2) is 5.23. The summed E-state index contributed by atoms with van der Waals surface area (Å²) in [5.74, 6) is 0.907. The van der Waals surface area contributed by atoms with Crippen LogP contribution in [0.2, 0.25) is 0 Å². The molecule has 0 aromatic carbocycles. The van der Waals surface area contributed by atoms with E-state index in [4.69, 9.17) is 0 Å². The molecule has 0 aliphatic heterocycles. The van der Waals surface area contributed by atoms with Crippen molar-refractivity contribution in [3.63, 3.8) is 0 Å². The van der Waals surface area contributed by atoms with Gasteiger partial charge in [-0.05, 0) is 31.2 Å². The van der Waals surface area contributed by atoms with Crippen LogP contribution in [0.3, 0.4) is 0 Å². The van der Waals surface area contributed by atoms with Gasteiger partial charge in [0.25, 0.3) is 0 Å². The Kier molecular flexibility index (Phi) is 3.08. The van der Waals surface area contributed by atoms with Crippen LogP contribution in [0.15, 0.2) is 55.0 Å². The summed E-state index contributed by atoms with van der Waals surface area (Å²) < 4.78 is 4.09. The number of hydrogen-bond donors (Lipinski definition) is 1. The number of rotatable bonds is 4. The molecule has 0 aliphatic carbocycles. The molecular weight excluding hydrogens is 276 g/mol. The van der Waals surface area contributed by atoms with Crippen LogP contribution in [0.4, 0.5) is 0 Å². The summed E-state index contributed by atoms with van der Waals surface area (Å²) in [5.41, 5.74) is 2.94. The van der Waals surface area contributed by atoms with Crippen LogP contribution in [0.5, 0.6) is 0 Å². The summed E-state index contributed by atoms with van der Waals surface area (Å²) in [5, 5.41) is 12.0. The first kappa shape index (κ1) is 13.0. The van der Waals surface area contributed by atoms with Crippen molar-refractivity contribution in [3.8, 4) is 0 Å². The predicted octanol–water partition coefficient (Wildman–Crippen LogP) is 2.23. The van der Waals surface area contributed by atoms with Gasteiger partial charge in [0.05, 0.1) is 17.9 Å². The Labute approximate surface area is 127 Å². The maximum Gasteiger partial charge on any atom is 0.160 e. The molecule has 0 amide bonds. The van der Waals surface area contributed by atoms with E-state index in [-0.39, 0.29) is 6.04 Å². The molecule has 6 heteroatoms. The van der Waals surface area contributed by atoms with Gasteiger partial charge in [-0.1, -0.05) is 12.1 Å². The highest BCUT2D eigenvalue weighted by Gasteiger charge is 2.13. The molecule has 4 aromatic rings. The first-order chi connectivity index (χ1) is 10.8. The van der Waals surface area contributed by atoms with E-state index in [1.54, 1.807) is 0 Å². The van der Waals surface area contributed by atoms with Gasteiger partial charge in [-0.2, -0.15) is 0 Å². The largest absolute Gasteiger partial charge is 0.303 e. The average Bonchev–Trinajstić information content (AvgIpc) is 3.17. The van der Waals surface area contributed by atoms with Crippen molar-refractivity contribution in [2.24, 2.45) is 0 Å². The molecule has 110 valence electrons. The maximum atomic E-state index is 4.40. The predicted molar refractivity (Wildman–Crippen MR) is 83.4 cm³/mol. The highest BCUT2D eigenvalue weighted by Crippen LogP contribution is 2.13. The lowest BCUT2D eigenvalue weighted by Crippen LogP contribution is -2.21. The Bertz CT molecular complexity index is 922. The van der Waals surface area contributed by atoms with Crippen molar-refractivity contribution >= 4 is 11.3 Å². The molecule has 1 N–H and O–H groups in total.